The number of carbonyl (C=O) groups is 1. The molecule has 1 amide bonds. The zero-order valence-corrected chi connectivity index (χ0v) is 13.8. The molecule has 1 fully saturated rings. The van der Waals surface area contributed by atoms with Crippen LogP contribution in [0.1, 0.15) is 37.9 Å². The number of carbonyl (C=O) groups excluding carboxylic acids is 1. The van der Waals surface area contributed by atoms with Crippen molar-refractivity contribution in [2.24, 2.45) is 0 Å². The van der Waals surface area contributed by atoms with Gasteiger partial charge in [-0.2, -0.15) is 4.98 Å². The molecule has 1 aliphatic heterocycles. The monoisotopic (exact) mass is 314 g/mol. The number of anilines is 1. The molecule has 0 aliphatic carbocycles. The summed E-state index contributed by atoms with van der Waals surface area (Å²) >= 11 is 0. The van der Waals surface area contributed by atoms with Gasteiger partial charge in [-0.1, -0.05) is 23.4 Å². The number of para-hydroxylation sites is 1. The molecular weight excluding hydrogens is 292 g/mol. The van der Waals surface area contributed by atoms with Crippen LogP contribution in [0.15, 0.2) is 34.9 Å². The molecule has 6 heteroatoms. The van der Waals surface area contributed by atoms with Crippen LogP contribution in [0.3, 0.4) is 0 Å². The normalized spacial score (nSPS) is 18.4. The Balaban J connectivity index is 1.69. The van der Waals surface area contributed by atoms with Crippen LogP contribution in [0, 0.1) is 0 Å². The van der Waals surface area contributed by atoms with Gasteiger partial charge in [-0.25, -0.2) is 0 Å². The minimum absolute atomic E-state index is 0.00966. The predicted molar refractivity (Wildman–Crippen MR) is 87.1 cm³/mol. The molecule has 1 saturated heterocycles. The van der Waals surface area contributed by atoms with E-state index in [2.05, 4.69) is 28.9 Å². The standard InChI is InChI=1S/C17H22N4O2/c1-12(2)20(3)11-15-18-17(19-23-15)13-9-16(22)21(10-13)14-7-5-4-6-8-14/h4-8,12-13H,9-11H2,1-3H3/t13-/m0/s1. The Labute approximate surface area is 136 Å². The highest BCUT2D eigenvalue weighted by Crippen LogP contribution is 2.30. The molecule has 23 heavy (non-hydrogen) atoms. The Bertz CT molecular complexity index is 668. The molecule has 6 nitrogen and oxygen atoms in total. The Morgan fingerprint density at radius 1 is 1.35 bits per heavy atom. The smallest absolute Gasteiger partial charge is 0.240 e. The molecular formula is C17H22N4O2. The Morgan fingerprint density at radius 2 is 2.09 bits per heavy atom. The molecule has 1 atom stereocenters. The first-order valence-electron chi connectivity index (χ1n) is 7.92. The maximum absolute atomic E-state index is 12.3. The van der Waals surface area contributed by atoms with E-state index in [4.69, 9.17) is 4.52 Å². The van der Waals surface area contributed by atoms with Gasteiger partial charge in [-0.3, -0.25) is 9.69 Å². The second kappa shape index (κ2) is 6.50. The third-order valence-corrected chi connectivity index (χ3v) is 4.31. The lowest BCUT2D eigenvalue weighted by atomic mass is 10.1. The van der Waals surface area contributed by atoms with E-state index < -0.39 is 0 Å². The van der Waals surface area contributed by atoms with Gasteiger partial charge in [0.2, 0.25) is 11.8 Å². The van der Waals surface area contributed by atoms with Crippen molar-refractivity contribution in [3.8, 4) is 0 Å². The molecule has 3 rings (SSSR count). The molecule has 1 aliphatic rings. The van der Waals surface area contributed by atoms with Crippen LogP contribution in [0.25, 0.3) is 0 Å². The molecule has 0 saturated carbocycles. The minimum Gasteiger partial charge on any atom is -0.338 e. The van der Waals surface area contributed by atoms with Gasteiger partial charge >= 0.3 is 0 Å². The third kappa shape index (κ3) is 3.42. The van der Waals surface area contributed by atoms with E-state index in [-0.39, 0.29) is 11.8 Å². The van der Waals surface area contributed by atoms with Crippen molar-refractivity contribution in [1.82, 2.24) is 15.0 Å². The van der Waals surface area contributed by atoms with Crippen molar-refractivity contribution in [2.75, 3.05) is 18.5 Å². The van der Waals surface area contributed by atoms with Crippen molar-refractivity contribution >= 4 is 11.6 Å². The average molecular weight is 314 g/mol. The average Bonchev–Trinajstić information content (AvgIpc) is 3.14. The summed E-state index contributed by atoms with van der Waals surface area (Å²) in [6, 6.07) is 10.1. The van der Waals surface area contributed by atoms with Crippen LogP contribution in [0.2, 0.25) is 0 Å². The fourth-order valence-corrected chi connectivity index (χ4v) is 2.63. The van der Waals surface area contributed by atoms with Crippen LogP contribution >= 0.6 is 0 Å². The lowest BCUT2D eigenvalue weighted by Gasteiger charge is -2.18. The summed E-state index contributed by atoms with van der Waals surface area (Å²) in [5, 5.41) is 4.08. The number of rotatable bonds is 5. The van der Waals surface area contributed by atoms with E-state index >= 15 is 0 Å². The molecule has 2 aromatic rings. The van der Waals surface area contributed by atoms with Gasteiger partial charge in [0.25, 0.3) is 0 Å². The van der Waals surface area contributed by atoms with Gasteiger partial charge in [0.05, 0.1) is 6.54 Å². The first kappa shape index (κ1) is 15.7. The highest BCUT2D eigenvalue weighted by atomic mass is 16.5. The lowest BCUT2D eigenvalue weighted by molar-refractivity contribution is -0.117. The predicted octanol–water partition coefficient (Wildman–Crippen LogP) is 2.43. The van der Waals surface area contributed by atoms with E-state index in [1.54, 1.807) is 4.90 Å². The van der Waals surface area contributed by atoms with E-state index in [0.29, 0.717) is 37.3 Å². The van der Waals surface area contributed by atoms with Gasteiger partial charge < -0.3 is 9.42 Å². The first-order chi connectivity index (χ1) is 11.0. The van der Waals surface area contributed by atoms with Gasteiger partial charge in [-0.15, -0.1) is 0 Å². The molecule has 122 valence electrons. The summed E-state index contributed by atoms with van der Waals surface area (Å²) in [5.74, 6) is 1.32. The maximum Gasteiger partial charge on any atom is 0.240 e. The summed E-state index contributed by atoms with van der Waals surface area (Å²) in [7, 11) is 2.02. The summed E-state index contributed by atoms with van der Waals surface area (Å²) < 4.78 is 5.34. The van der Waals surface area contributed by atoms with Gasteiger partial charge in [0, 0.05) is 30.6 Å². The third-order valence-electron chi connectivity index (χ3n) is 4.31. The van der Waals surface area contributed by atoms with Crippen LogP contribution in [-0.4, -0.2) is 40.6 Å². The fraction of sp³-hybridized carbons (Fsp3) is 0.471. The van der Waals surface area contributed by atoms with Crippen LogP contribution in [0.5, 0.6) is 0 Å². The quantitative estimate of drug-likeness (QED) is 0.848. The molecule has 0 bridgehead atoms. The lowest BCUT2D eigenvalue weighted by Crippen LogP contribution is -2.25. The highest BCUT2D eigenvalue weighted by Gasteiger charge is 2.34. The largest absolute Gasteiger partial charge is 0.338 e. The van der Waals surface area contributed by atoms with E-state index in [0.717, 1.165) is 5.69 Å². The number of hydrogen-bond donors (Lipinski definition) is 0. The van der Waals surface area contributed by atoms with Crippen LogP contribution < -0.4 is 4.90 Å². The number of hydrogen-bond acceptors (Lipinski definition) is 5. The Morgan fingerprint density at radius 3 is 2.78 bits per heavy atom. The number of nitrogens with zero attached hydrogens (tertiary/aromatic N) is 4. The van der Waals surface area contributed by atoms with Gasteiger partial charge in [0.15, 0.2) is 5.82 Å². The zero-order valence-electron chi connectivity index (χ0n) is 13.8. The Hall–Kier alpha value is -2.21. The molecule has 1 aromatic carbocycles. The number of amides is 1. The van der Waals surface area contributed by atoms with E-state index in [1.165, 1.54) is 0 Å². The molecule has 0 radical (unpaired) electrons. The van der Waals surface area contributed by atoms with Crippen molar-refractivity contribution < 1.29 is 9.32 Å². The second-order valence-corrected chi connectivity index (χ2v) is 6.30. The number of benzene rings is 1. The molecule has 2 heterocycles. The van der Waals surface area contributed by atoms with Crippen LogP contribution in [0.4, 0.5) is 5.69 Å². The Kier molecular flexibility index (Phi) is 4.43. The summed E-state index contributed by atoms with van der Waals surface area (Å²) in [6.45, 7) is 5.45. The molecule has 0 N–H and O–H groups in total. The zero-order chi connectivity index (χ0) is 16.4. The fourth-order valence-electron chi connectivity index (χ4n) is 2.63. The van der Waals surface area contributed by atoms with Crippen molar-refractivity contribution in [3.63, 3.8) is 0 Å². The van der Waals surface area contributed by atoms with Crippen molar-refractivity contribution in [1.29, 1.82) is 0 Å². The SMILES string of the molecule is CC(C)N(C)Cc1nc([C@H]2CC(=O)N(c3ccccc3)C2)no1. The van der Waals surface area contributed by atoms with Gasteiger partial charge in [0.1, 0.15) is 0 Å². The summed E-state index contributed by atoms with van der Waals surface area (Å²) in [5.41, 5.74) is 0.920. The molecule has 0 spiro atoms. The first-order valence-corrected chi connectivity index (χ1v) is 7.92. The molecule has 0 unspecified atom stereocenters. The summed E-state index contributed by atoms with van der Waals surface area (Å²) in [4.78, 5) is 20.7. The van der Waals surface area contributed by atoms with E-state index in [9.17, 15) is 4.79 Å². The van der Waals surface area contributed by atoms with Crippen molar-refractivity contribution in [3.05, 3.63) is 42.0 Å². The van der Waals surface area contributed by atoms with Crippen LogP contribution in [-0.2, 0) is 11.3 Å². The second-order valence-electron chi connectivity index (χ2n) is 6.30. The minimum atomic E-state index is -0.00966. The highest BCUT2D eigenvalue weighted by molar-refractivity contribution is 5.96. The van der Waals surface area contributed by atoms with E-state index in [1.807, 2.05) is 37.4 Å². The maximum atomic E-state index is 12.3. The number of aromatic nitrogens is 2. The van der Waals surface area contributed by atoms with Crippen molar-refractivity contribution in [2.45, 2.75) is 38.8 Å². The topological polar surface area (TPSA) is 62.5 Å². The van der Waals surface area contributed by atoms with Gasteiger partial charge in [-0.05, 0) is 33.0 Å². The molecule has 1 aromatic heterocycles. The summed E-state index contributed by atoms with van der Waals surface area (Å²) in [6.07, 6.45) is 0.424.